The molecule has 3 aromatic rings. The number of nitrogens with zero attached hydrogens (tertiary/aromatic N) is 2. The molecular formula is C23H19N3O4. The van der Waals surface area contributed by atoms with Gasteiger partial charge in [-0.05, 0) is 48.7 Å². The molecule has 7 heteroatoms. The molecule has 30 heavy (non-hydrogen) atoms. The number of hydrogen-bond donors (Lipinski definition) is 1. The third kappa shape index (κ3) is 4.45. The Balaban J connectivity index is 1.88. The van der Waals surface area contributed by atoms with Crippen LogP contribution in [-0.4, -0.2) is 10.8 Å². The number of nitrogens with one attached hydrogen (secondary N) is 1. The van der Waals surface area contributed by atoms with Gasteiger partial charge in [0.1, 0.15) is 23.2 Å². The molecule has 2 aromatic carbocycles. The number of hydrogen-bond acceptors (Lipinski definition) is 5. The first-order valence-corrected chi connectivity index (χ1v) is 9.29. The lowest BCUT2D eigenvalue weighted by molar-refractivity contribution is -0.384. The molecule has 0 saturated carbocycles. The Morgan fingerprint density at radius 3 is 2.70 bits per heavy atom. The predicted octanol–water partition coefficient (Wildman–Crippen LogP) is 5.27. The lowest BCUT2D eigenvalue weighted by Gasteiger charge is -2.08. The second-order valence-electron chi connectivity index (χ2n) is 6.61. The number of nitriles is 1. The van der Waals surface area contributed by atoms with Crippen molar-refractivity contribution in [3.05, 3.63) is 87.2 Å². The van der Waals surface area contributed by atoms with E-state index < -0.39 is 10.8 Å². The molecule has 0 bridgehead atoms. The van der Waals surface area contributed by atoms with Crippen LogP contribution < -0.4 is 5.32 Å². The summed E-state index contributed by atoms with van der Waals surface area (Å²) in [5.74, 6) is -0.0324. The van der Waals surface area contributed by atoms with Crippen molar-refractivity contribution in [1.29, 1.82) is 5.26 Å². The smallest absolute Gasteiger partial charge is 0.280 e. The van der Waals surface area contributed by atoms with Crippen LogP contribution in [0.3, 0.4) is 0 Å². The number of anilines is 1. The van der Waals surface area contributed by atoms with E-state index in [0.717, 1.165) is 17.5 Å². The molecule has 0 unspecified atom stereocenters. The normalized spacial score (nSPS) is 11.0. The van der Waals surface area contributed by atoms with Crippen LogP contribution in [-0.2, 0) is 11.2 Å². The van der Waals surface area contributed by atoms with E-state index in [2.05, 4.69) is 5.32 Å². The van der Waals surface area contributed by atoms with Gasteiger partial charge in [-0.3, -0.25) is 14.9 Å². The van der Waals surface area contributed by atoms with E-state index in [0.29, 0.717) is 11.3 Å². The van der Waals surface area contributed by atoms with Crippen LogP contribution in [0.1, 0.15) is 23.8 Å². The largest absolute Gasteiger partial charge is 0.456 e. The van der Waals surface area contributed by atoms with Gasteiger partial charge in [0.25, 0.3) is 11.6 Å². The van der Waals surface area contributed by atoms with Gasteiger partial charge in [-0.2, -0.15) is 5.26 Å². The van der Waals surface area contributed by atoms with E-state index >= 15 is 0 Å². The summed E-state index contributed by atoms with van der Waals surface area (Å²) in [5, 5.41) is 23.5. The van der Waals surface area contributed by atoms with Crippen LogP contribution in [0.15, 0.2) is 64.6 Å². The Bertz CT molecular complexity index is 1190. The van der Waals surface area contributed by atoms with Gasteiger partial charge >= 0.3 is 0 Å². The van der Waals surface area contributed by atoms with Gasteiger partial charge in [0.15, 0.2) is 0 Å². The standard InChI is InChI=1S/C23H19N3O4/c1-3-16-6-4-5-7-20(16)25-23(27)17(14-24)13-18-9-11-22(30-18)19-10-8-15(2)12-21(19)26(28)29/h4-13H,3H2,1-2H3,(H,25,27)/b17-13+. The molecular weight excluding hydrogens is 382 g/mol. The third-order valence-electron chi connectivity index (χ3n) is 4.54. The lowest BCUT2D eigenvalue weighted by atomic mass is 10.1. The van der Waals surface area contributed by atoms with Crippen LogP contribution in [0.4, 0.5) is 11.4 Å². The van der Waals surface area contributed by atoms with Crippen molar-refractivity contribution in [3.8, 4) is 17.4 Å². The van der Waals surface area contributed by atoms with Crippen LogP contribution in [0.25, 0.3) is 17.4 Å². The number of nitro benzene ring substituents is 1. The Hall–Kier alpha value is -4.18. The average Bonchev–Trinajstić information content (AvgIpc) is 3.20. The second kappa shape index (κ2) is 8.88. The summed E-state index contributed by atoms with van der Waals surface area (Å²) in [4.78, 5) is 23.4. The monoisotopic (exact) mass is 401 g/mol. The molecule has 0 fully saturated rings. The van der Waals surface area contributed by atoms with Crippen molar-refractivity contribution < 1.29 is 14.1 Å². The average molecular weight is 401 g/mol. The highest BCUT2D eigenvalue weighted by molar-refractivity contribution is 6.09. The van der Waals surface area contributed by atoms with Gasteiger partial charge in [-0.25, -0.2) is 0 Å². The molecule has 3 rings (SSSR count). The molecule has 0 spiro atoms. The zero-order chi connectivity index (χ0) is 21.7. The zero-order valence-corrected chi connectivity index (χ0v) is 16.5. The highest BCUT2D eigenvalue weighted by Gasteiger charge is 2.19. The number of amides is 1. The maximum atomic E-state index is 12.5. The van der Waals surface area contributed by atoms with Gasteiger partial charge in [-0.15, -0.1) is 0 Å². The fourth-order valence-corrected chi connectivity index (χ4v) is 3.01. The fourth-order valence-electron chi connectivity index (χ4n) is 3.01. The highest BCUT2D eigenvalue weighted by Crippen LogP contribution is 2.32. The molecule has 1 heterocycles. The summed E-state index contributed by atoms with van der Waals surface area (Å²) in [7, 11) is 0. The summed E-state index contributed by atoms with van der Waals surface area (Å²) in [6.45, 7) is 3.74. The molecule has 7 nitrogen and oxygen atoms in total. The Labute approximate surface area is 173 Å². The summed E-state index contributed by atoms with van der Waals surface area (Å²) in [6, 6.07) is 17.2. The minimum absolute atomic E-state index is 0.0747. The number of para-hydroxylation sites is 1. The van der Waals surface area contributed by atoms with Crippen molar-refractivity contribution in [2.75, 3.05) is 5.32 Å². The SMILES string of the molecule is CCc1ccccc1NC(=O)/C(C#N)=C/c1ccc(-c2ccc(C)cc2[N+](=O)[O-])o1. The molecule has 1 amide bonds. The molecule has 150 valence electrons. The first-order chi connectivity index (χ1) is 14.4. The van der Waals surface area contributed by atoms with E-state index in [4.69, 9.17) is 4.42 Å². The molecule has 0 saturated heterocycles. The molecule has 1 aromatic heterocycles. The van der Waals surface area contributed by atoms with Gasteiger partial charge in [-0.1, -0.05) is 31.2 Å². The van der Waals surface area contributed by atoms with Crippen LogP contribution in [0, 0.1) is 28.4 Å². The number of furan rings is 1. The number of carbonyl (C=O) groups excluding carboxylic acids is 1. The van der Waals surface area contributed by atoms with E-state index in [9.17, 15) is 20.2 Å². The quantitative estimate of drug-likeness (QED) is 0.262. The van der Waals surface area contributed by atoms with Crippen molar-refractivity contribution in [2.24, 2.45) is 0 Å². The highest BCUT2D eigenvalue weighted by atomic mass is 16.6. The minimum Gasteiger partial charge on any atom is -0.456 e. The summed E-state index contributed by atoms with van der Waals surface area (Å²) >= 11 is 0. The van der Waals surface area contributed by atoms with Gasteiger partial charge in [0.2, 0.25) is 0 Å². The first-order valence-electron chi connectivity index (χ1n) is 9.29. The van der Waals surface area contributed by atoms with E-state index in [1.54, 1.807) is 43.3 Å². The van der Waals surface area contributed by atoms with E-state index in [1.165, 1.54) is 12.1 Å². The van der Waals surface area contributed by atoms with Gasteiger partial charge < -0.3 is 9.73 Å². The molecule has 1 N–H and O–H groups in total. The van der Waals surface area contributed by atoms with Gasteiger partial charge in [0, 0.05) is 17.8 Å². The molecule has 0 aliphatic carbocycles. The van der Waals surface area contributed by atoms with Crippen molar-refractivity contribution >= 4 is 23.4 Å². The minimum atomic E-state index is -0.558. The molecule has 0 atom stereocenters. The second-order valence-corrected chi connectivity index (χ2v) is 6.61. The number of rotatable bonds is 6. The number of nitro groups is 1. The maximum Gasteiger partial charge on any atom is 0.280 e. The predicted molar refractivity (Wildman–Crippen MR) is 114 cm³/mol. The van der Waals surface area contributed by atoms with E-state index in [-0.39, 0.29) is 22.8 Å². The maximum absolute atomic E-state index is 12.5. The Morgan fingerprint density at radius 2 is 2.00 bits per heavy atom. The topological polar surface area (TPSA) is 109 Å². The number of carbonyl (C=O) groups is 1. The number of benzene rings is 2. The van der Waals surface area contributed by atoms with Crippen LogP contribution >= 0.6 is 0 Å². The molecule has 0 aliphatic heterocycles. The summed E-state index contributed by atoms with van der Waals surface area (Å²) in [6.07, 6.45) is 2.05. The Kier molecular flexibility index (Phi) is 6.08. The molecule has 0 aliphatic rings. The van der Waals surface area contributed by atoms with Gasteiger partial charge in [0.05, 0.1) is 10.5 Å². The molecule has 0 radical (unpaired) electrons. The van der Waals surface area contributed by atoms with E-state index in [1.807, 2.05) is 25.1 Å². The fraction of sp³-hybridized carbons (Fsp3) is 0.130. The first kappa shape index (κ1) is 20.6. The van der Waals surface area contributed by atoms with Crippen LogP contribution in [0.5, 0.6) is 0 Å². The zero-order valence-electron chi connectivity index (χ0n) is 16.5. The van der Waals surface area contributed by atoms with Crippen molar-refractivity contribution in [1.82, 2.24) is 0 Å². The number of aryl methyl sites for hydroxylation is 2. The van der Waals surface area contributed by atoms with Crippen molar-refractivity contribution in [3.63, 3.8) is 0 Å². The third-order valence-corrected chi connectivity index (χ3v) is 4.54. The summed E-state index contributed by atoms with van der Waals surface area (Å²) in [5.41, 5.74) is 2.46. The lowest BCUT2D eigenvalue weighted by Crippen LogP contribution is -2.14. The van der Waals surface area contributed by atoms with Crippen LogP contribution in [0.2, 0.25) is 0 Å². The van der Waals surface area contributed by atoms with Crippen molar-refractivity contribution in [2.45, 2.75) is 20.3 Å². The Morgan fingerprint density at radius 1 is 1.23 bits per heavy atom. The summed E-state index contributed by atoms with van der Waals surface area (Å²) < 4.78 is 5.67.